The number of aryl methyl sites for hydroxylation is 1. The van der Waals surface area contributed by atoms with E-state index in [2.05, 4.69) is 22.6 Å². The molecule has 1 aromatic rings. The van der Waals surface area contributed by atoms with Gasteiger partial charge < -0.3 is 9.30 Å². The topological polar surface area (TPSA) is 27.1 Å². The lowest BCUT2D eigenvalue weighted by Gasteiger charge is -2.18. The summed E-state index contributed by atoms with van der Waals surface area (Å²) in [5.74, 6) is 0.955. The van der Waals surface area contributed by atoms with Crippen molar-refractivity contribution in [2.45, 2.75) is 26.7 Å². The van der Waals surface area contributed by atoms with E-state index in [1.165, 1.54) is 11.3 Å². The summed E-state index contributed by atoms with van der Waals surface area (Å²) >= 11 is 0. The monoisotopic (exact) mass is 204 g/mol. The molecule has 0 unspecified atom stereocenters. The van der Waals surface area contributed by atoms with Crippen molar-refractivity contribution in [3.05, 3.63) is 35.6 Å². The predicted molar refractivity (Wildman–Crippen MR) is 60.2 cm³/mol. The van der Waals surface area contributed by atoms with E-state index in [4.69, 9.17) is 4.74 Å². The molecule has 3 heteroatoms. The molecule has 2 rings (SSSR count). The van der Waals surface area contributed by atoms with Crippen LogP contribution in [0.1, 0.15) is 25.5 Å². The van der Waals surface area contributed by atoms with E-state index in [9.17, 15) is 0 Å². The molecule has 0 radical (unpaired) electrons. The summed E-state index contributed by atoms with van der Waals surface area (Å²) in [6.45, 7) is 4.13. The van der Waals surface area contributed by atoms with Crippen LogP contribution >= 0.6 is 0 Å². The van der Waals surface area contributed by atoms with Gasteiger partial charge in [-0.05, 0) is 32.8 Å². The smallest absolute Gasteiger partial charge is 0.138 e. The molecule has 0 N–H and O–H groups in total. The Morgan fingerprint density at radius 1 is 1.33 bits per heavy atom. The molecule has 1 heterocycles. The van der Waals surface area contributed by atoms with Gasteiger partial charge in [-0.25, -0.2) is 4.98 Å². The van der Waals surface area contributed by atoms with Gasteiger partial charge in [-0.2, -0.15) is 0 Å². The van der Waals surface area contributed by atoms with E-state index in [-0.39, 0.29) is 0 Å². The fraction of sp³-hybridized carbons (Fsp3) is 0.417. The zero-order valence-corrected chi connectivity index (χ0v) is 9.45. The number of methoxy groups -OCH3 is 1. The molecule has 0 fully saturated rings. The highest BCUT2D eigenvalue weighted by Gasteiger charge is 2.13. The summed E-state index contributed by atoms with van der Waals surface area (Å²) in [4.78, 5) is 4.23. The number of ether oxygens (including phenoxy) is 1. The van der Waals surface area contributed by atoms with Crippen molar-refractivity contribution in [2.75, 3.05) is 7.11 Å². The van der Waals surface area contributed by atoms with Crippen LogP contribution in [0.2, 0.25) is 0 Å². The van der Waals surface area contributed by atoms with Gasteiger partial charge in [0.05, 0.1) is 24.8 Å². The summed E-state index contributed by atoms with van der Waals surface area (Å²) < 4.78 is 7.45. The number of hydrogen-bond acceptors (Lipinski definition) is 2. The zero-order valence-electron chi connectivity index (χ0n) is 9.45. The van der Waals surface area contributed by atoms with Crippen LogP contribution in [0.15, 0.2) is 29.9 Å². The molecular weight excluding hydrogens is 188 g/mol. The van der Waals surface area contributed by atoms with E-state index in [1.54, 1.807) is 7.11 Å². The van der Waals surface area contributed by atoms with Gasteiger partial charge in [-0.15, -0.1) is 0 Å². The van der Waals surface area contributed by atoms with Crippen molar-refractivity contribution in [3.8, 4) is 0 Å². The van der Waals surface area contributed by atoms with Gasteiger partial charge in [0.1, 0.15) is 5.76 Å². The maximum absolute atomic E-state index is 5.39. The number of nitrogens with zero attached hydrogens (tertiary/aromatic N) is 2. The van der Waals surface area contributed by atoms with Crippen molar-refractivity contribution >= 4 is 5.70 Å². The minimum Gasteiger partial charge on any atom is -0.495 e. The Bertz CT molecular complexity index is 427. The van der Waals surface area contributed by atoms with Crippen LogP contribution < -0.4 is 0 Å². The average Bonchev–Trinajstić information content (AvgIpc) is 2.64. The largest absolute Gasteiger partial charge is 0.495 e. The lowest BCUT2D eigenvalue weighted by atomic mass is 10.0. The second-order valence-electron chi connectivity index (χ2n) is 3.93. The lowest BCUT2D eigenvalue weighted by Crippen LogP contribution is -2.04. The predicted octanol–water partition coefficient (Wildman–Crippen LogP) is 2.75. The maximum Gasteiger partial charge on any atom is 0.138 e. The second-order valence-corrected chi connectivity index (χ2v) is 3.93. The molecule has 0 amide bonds. The Morgan fingerprint density at radius 3 is 2.73 bits per heavy atom. The Balaban J connectivity index is 2.42. The molecule has 0 aromatic carbocycles. The summed E-state index contributed by atoms with van der Waals surface area (Å²) in [6.07, 6.45) is 8.09. The van der Waals surface area contributed by atoms with Crippen LogP contribution in [0, 0.1) is 6.92 Å². The van der Waals surface area contributed by atoms with Gasteiger partial charge in [0, 0.05) is 6.20 Å². The maximum atomic E-state index is 5.39. The van der Waals surface area contributed by atoms with Crippen LogP contribution in [-0.2, 0) is 4.74 Å². The van der Waals surface area contributed by atoms with Gasteiger partial charge in [0.15, 0.2) is 0 Å². The molecule has 15 heavy (non-hydrogen) atoms. The first-order valence-electron chi connectivity index (χ1n) is 5.16. The van der Waals surface area contributed by atoms with Gasteiger partial charge in [-0.3, -0.25) is 0 Å². The summed E-state index contributed by atoms with van der Waals surface area (Å²) in [5.41, 5.74) is 3.60. The first kappa shape index (κ1) is 10.0. The highest BCUT2D eigenvalue weighted by Crippen LogP contribution is 2.27. The quantitative estimate of drug-likeness (QED) is 0.740. The van der Waals surface area contributed by atoms with Crippen molar-refractivity contribution < 1.29 is 4.74 Å². The molecule has 1 aromatic heterocycles. The molecule has 1 aliphatic carbocycles. The van der Waals surface area contributed by atoms with Crippen molar-refractivity contribution in [3.63, 3.8) is 0 Å². The van der Waals surface area contributed by atoms with Gasteiger partial charge >= 0.3 is 0 Å². The normalized spacial score (nSPS) is 16.6. The standard InChI is InChI=1S/C12H16N2O/c1-9-4-5-11(12(6-9)15-3)14-7-10(2)13-8-14/h6-8H,4-5H2,1-3H3. The summed E-state index contributed by atoms with van der Waals surface area (Å²) in [6, 6.07) is 0. The van der Waals surface area contributed by atoms with Gasteiger partial charge in [0.25, 0.3) is 0 Å². The Morgan fingerprint density at radius 2 is 2.13 bits per heavy atom. The third-order valence-corrected chi connectivity index (χ3v) is 2.66. The van der Waals surface area contributed by atoms with Crippen molar-refractivity contribution in [1.82, 2.24) is 9.55 Å². The van der Waals surface area contributed by atoms with Gasteiger partial charge in [-0.1, -0.05) is 5.57 Å². The van der Waals surface area contributed by atoms with Crippen LogP contribution in [-0.4, -0.2) is 16.7 Å². The number of allylic oxidation sites excluding steroid dienone is 3. The zero-order chi connectivity index (χ0) is 10.8. The summed E-state index contributed by atoms with van der Waals surface area (Å²) in [5, 5.41) is 0. The molecule has 80 valence electrons. The van der Waals surface area contributed by atoms with E-state index < -0.39 is 0 Å². The Labute approximate surface area is 90.1 Å². The number of aromatic nitrogens is 2. The first-order chi connectivity index (χ1) is 7.20. The lowest BCUT2D eigenvalue weighted by molar-refractivity contribution is 0.303. The third kappa shape index (κ3) is 1.96. The molecule has 0 atom stereocenters. The van der Waals surface area contributed by atoms with E-state index in [1.807, 2.05) is 19.4 Å². The van der Waals surface area contributed by atoms with Crippen LogP contribution in [0.4, 0.5) is 0 Å². The Hall–Kier alpha value is -1.51. The molecule has 0 aliphatic heterocycles. The third-order valence-electron chi connectivity index (χ3n) is 2.66. The van der Waals surface area contributed by atoms with E-state index in [0.717, 1.165) is 24.3 Å². The number of imidazole rings is 1. The molecule has 1 aliphatic rings. The van der Waals surface area contributed by atoms with Crippen molar-refractivity contribution in [2.24, 2.45) is 0 Å². The van der Waals surface area contributed by atoms with Crippen molar-refractivity contribution in [1.29, 1.82) is 0 Å². The fourth-order valence-corrected chi connectivity index (χ4v) is 1.82. The molecule has 0 saturated heterocycles. The molecule has 0 bridgehead atoms. The highest BCUT2D eigenvalue weighted by atomic mass is 16.5. The van der Waals surface area contributed by atoms with Crippen LogP contribution in [0.5, 0.6) is 0 Å². The van der Waals surface area contributed by atoms with Crippen LogP contribution in [0.25, 0.3) is 5.70 Å². The molecule has 3 nitrogen and oxygen atoms in total. The average molecular weight is 204 g/mol. The summed E-state index contributed by atoms with van der Waals surface area (Å²) in [7, 11) is 1.72. The SMILES string of the molecule is COC1=C(n2cnc(C)c2)CCC(C)=C1. The van der Waals surface area contributed by atoms with E-state index >= 15 is 0 Å². The number of rotatable bonds is 2. The highest BCUT2D eigenvalue weighted by molar-refractivity contribution is 5.55. The second kappa shape index (κ2) is 3.93. The fourth-order valence-electron chi connectivity index (χ4n) is 1.82. The Kier molecular flexibility index (Phi) is 2.62. The van der Waals surface area contributed by atoms with Crippen LogP contribution in [0.3, 0.4) is 0 Å². The minimum absolute atomic E-state index is 0.955. The number of hydrogen-bond donors (Lipinski definition) is 0. The molecule has 0 spiro atoms. The first-order valence-corrected chi connectivity index (χ1v) is 5.16. The van der Waals surface area contributed by atoms with E-state index in [0.29, 0.717) is 0 Å². The molecular formula is C12H16N2O. The minimum atomic E-state index is 0.955. The van der Waals surface area contributed by atoms with Gasteiger partial charge in [0.2, 0.25) is 0 Å². The molecule has 0 saturated carbocycles.